The molecule has 2 fully saturated rings. The Morgan fingerprint density at radius 2 is 2.19 bits per heavy atom. The summed E-state index contributed by atoms with van der Waals surface area (Å²) in [6.07, 6.45) is 7.82. The Hall–Kier alpha value is -0.570. The van der Waals surface area contributed by atoms with Crippen molar-refractivity contribution in [2.45, 2.75) is 64.0 Å². The van der Waals surface area contributed by atoms with E-state index in [-0.39, 0.29) is 0 Å². The van der Waals surface area contributed by atoms with Crippen LogP contribution in [-0.4, -0.2) is 34.6 Å². The summed E-state index contributed by atoms with van der Waals surface area (Å²) in [5.74, 6) is 0.248. The van der Waals surface area contributed by atoms with Gasteiger partial charge in [-0.2, -0.15) is 0 Å². The minimum Gasteiger partial charge on any atom is -0.481 e. The highest BCUT2D eigenvalue weighted by Crippen LogP contribution is 2.35. The van der Waals surface area contributed by atoms with E-state index in [1.165, 1.54) is 32.1 Å². The van der Waals surface area contributed by atoms with E-state index in [2.05, 4.69) is 11.8 Å². The molecule has 1 N–H and O–H groups in total. The molecule has 0 aromatic carbocycles. The van der Waals surface area contributed by atoms with Gasteiger partial charge in [0.15, 0.2) is 0 Å². The highest BCUT2D eigenvalue weighted by Gasteiger charge is 2.35. The van der Waals surface area contributed by atoms with Crippen LogP contribution in [0, 0.1) is 5.92 Å². The van der Waals surface area contributed by atoms with Crippen molar-refractivity contribution < 1.29 is 9.90 Å². The van der Waals surface area contributed by atoms with Crippen molar-refractivity contribution in [3.63, 3.8) is 0 Å². The van der Waals surface area contributed by atoms with Crippen LogP contribution in [0.4, 0.5) is 0 Å². The maximum Gasteiger partial charge on any atom is 0.304 e. The summed E-state index contributed by atoms with van der Waals surface area (Å²) in [7, 11) is 0. The second-order valence-corrected chi connectivity index (χ2v) is 5.37. The van der Waals surface area contributed by atoms with Gasteiger partial charge in [0.2, 0.25) is 0 Å². The van der Waals surface area contributed by atoms with Crippen molar-refractivity contribution in [1.82, 2.24) is 4.90 Å². The molecule has 2 aliphatic rings. The van der Waals surface area contributed by atoms with Gasteiger partial charge < -0.3 is 5.11 Å². The van der Waals surface area contributed by atoms with Crippen LogP contribution < -0.4 is 0 Å². The first-order valence-electron chi connectivity index (χ1n) is 6.68. The maximum absolute atomic E-state index is 10.8. The van der Waals surface area contributed by atoms with E-state index >= 15 is 0 Å². The lowest BCUT2D eigenvalue weighted by Gasteiger charge is -2.29. The molecule has 0 amide bonds. The van der Waals surface area contributed by atoms with Gasteiger partial charge in [0.1, 0.15) is 0 Å². The van der Waals surface area contributed by atoms with Crippen molar-refractivity contribution in [2.75, 3.05) is 6.54 Å². The number of aliphatic carboxylic acids is 1. The summed E-state index contributed by atoms with van der Waals surface area (Å²) in [5.41, 5.74) is 0. The molecule has 0 spiro atoms. The standard InChI is InChI=1S/C13H23NO2/c1-2-10-5-6-12(8-10)14-7-3-4-11(14)9-13(15)16/h10-12H,2-9H2,1H3,(H,15,16). The van der Waals surface area contributed by atoms with Crippen LogP contribution in [0.1, 0.15) is 51.9 Å². The Morgan fingerprint density at radius 1 is 1.38 bits per heavy atom. The Morgan fingerprint density at radius 3 is 2.81 bits per heavy atom. The number of nitrogens with zero attached hydrogens (tertiary/aromatic N) is 1. The smallest absolute Gasteiger partial charge is 0.304 e. The lowest BCUT2D eigenvalue weighted by atomic mass is 10.0. The molecule has 92 valence electrons. The second-order valence-electron chi connectivity index (χ2n) is 5.37. The third-order valence-corrected chi connectivity index (χ3v) is 4.39. The van der Waals surface area contributed by atoms with Gasteiger partial charge in [-0.1, -0.05) is 13.3 Å². The number of hydrogen-bond acceptors (Lipinski definition) is 2. The molecule has 2 rings (SSSR count). The van der Waals surface area contributed by atoms with Crippen LogP contribution in [0.3, 0.4) is 0 Å². The fourth-order valence-corrected chi connectivity index (χ4v) is 3.48. The molecule has 1 heterocycles. The van der Waals surface area contributed by atoms with Crippen LogP contribution in [-0.2, 0) is 4.79 Å². The van der Waals surface area contributed by atoms with Gasteiger partial charge in [-0.15, -0.1) is 0 Å². The minimum absolute atomic E-state index is 0.318. The molecule has 1 aliphatic heterocycles. The average molecular weight is 225 g/mol. The molecule has 0 bridgehead atoms. The van der Waals surface area contributed by atoms with Crippen LogP contribution in [0.15, 0.2) is 0 Å². The Labute approximate surface area is 97.8 Å². The van der Waals surface area contributed by atoms with E-state index in [1.54, 1.807) is 0 Å². The average Bonchev–Trinajstić information content (AvgIpc) is 2.84. The molecule has 3 heteroatoms. The molecule has 1 saturated heterocycles. The van der Waals surface area contributed by atoms with Crippen LogP contribution >= 0.6 is 0 Å². The molecule has 0 aromatic rings. The Kier molecular flexibility index (Phi) is 3.85. The summed E-state index contributed by atoms with van der Waals surface area (Å²) in [6, 6.07) is 0.995. The number of hydrogen-bond donors (Lipinski definition) is 1. The summed E-state index contributed by atoms with van der Waals surface area (Å²) < 4.78 is 0. The topological polar surface area (TPSA) is 40.5 Å². The molecule has 3 nitrogen and oxygen atoms in total. The first kappa shape index (κ1) is 11.9. The predicted octanol–water partition coefficient (Wildman–Crippen LogP) is 2.50. The zero-order valence-corrected chi connectivity index (χ0v) is 10.2. The summed E-state index contributed by atoms with van der Waals surface area (Å²) in [5, 5.41) is 8.91. The lowest BCUT2D eigenvalue weighted by Crippen LogP contribution is -2.38. The quantitative estimate of drug-likeness (QED) is 0.799. The first-order valence-corrected chi connectivity index (χ1v) is 6.68. The van der Waals surface area contributed by atoms with Crippen molar-refractivity contribution in [2.24, 2.45) is 5.92 Å². The predicted molar refractivity (Wildman–Crippen MR) is 63.4 cm³/mol. The molecule has 0 aromatic heterocycles. The fourth-order valence-electron chi connectivity index (χ4n) is 3.48. The van der Waals surface area contributed by atoms with E-state index in [0.29, 0.717) is 18.5 Å². The molecule has 3 unspecified atom stereocenters. The molecule has 0 radical (unpaired) electrons. The molecule has 16 heavy (non-hydrogen) atoms. The van der Waals surface area contributed by atoms with Crippen molar-refractivity contribution in [1.29, 1.82) is 0 Å². The number of rotatable bonds is 4. The third kappa shape index (κ3) is 2.57. The highest BCUT2D eigenvalue weighted by molar-refractivity contribution is 5.67. The number of carbonyl (C=O) groups is 1. The summed E-state index contributed by atoms with van der Waals surface area (Å²) in [6.45, 7) is 3.39. The summed E-state index contributed by atoms with van der Waals surface area (Å²) >= 11 is 0. The van der Waals surface area contributed by atoms with Gasteiger partial charge in [-0.05, 0) is 44.6 Å². The minimum atomic E-state index is -0.637. The molecule has 3 atom stereocenters. The van der Waals surface area contributed by atoms with Gasteiger partial charge in [0, 0.05) is 12.1 Å². The number of carboxylic acids is 1. The van der Waals surface area contributed by atoms with Crippen molar-refractivity contribution >= 4 is 5.97 Å². The second kappa shape index (κ2) is 5.17. The van der Waals surface area contributed by atoms with E-state index in [0.717, 1.165) is 18.9 Å². The highest BCUT2D eigenvalue weighted by atomic mass is 16.4. The van der Waals surface area contributed by atoms with E-state index in [1.807, 2.05) is 0 Å². The van der Waals surface area contributed by atoms with E-state index in [4.69, 9.17) is 5.11 Å². The normalized spacial score (nSPS) is 35.7. The number of carboxylic acid groups (broad SMARTS) is 1. The van der Waals surface area contributed by atoms with Crippen LogP contribution in [0.5, 0.6) is 0 Å². The molecule has 1 aliphatic carbocycles. The van der Waals surface area contributed by atoms with Crippen LogP contribution in [0.2, 0.25) is 0 Å². The Balaban J connectivity index is 1.90. The van der Waals surface area contributed by atoms with E-state index in [9.17, 15) is 4.79 Å². The van der Waals surface area contributed by atoms with Crippen molar-refractivity contribution in [3.8, 4) is 0 Å². The largest absolute Gasteiger partial charge is 0.481 e. The summed E-state index contributed by atoms with van der Waals surface area (Å²) in [4.78, 5) is 13.3. The molecular formula is C13H23NO2. The third-order valence-electron chi connectivity index (χ3n) is 4.39. The van der Waals surface area contributed by atoms with Gasteiger partial charge >= 0.3 is 5.97 Å². The lowest BCUT2D eigenvalue weighted by molar-refractivity contribution is -0.138. The fraction of sp³-hybridized carbons (Fsp3) is 0.923. The SMILES string of the molecule is CCC1CCC(N2CCCC2CC(=O)O)C1. The maximum atomic E-state index is 10.8. The zero-order chi connectivity index (χ0) is 11.5. The van der Waals surface area contributed by atoms with Gasteiger partial charge in [-0.3, -0.25) is 9.69 Å². The zero-order valence-electron chi connectivity index (χ0n) is 10.2. The Bertz CT molecular complexity index is 254. The molecular weight excluding hydrogens is 202 g/mol. The van der Waals surface area contributed by atoms with Gasteiger partial charge in [-0.25, -0.2) is 0 Å². The van der Waals surface area contributed by atoms with Gasteiger partial charge in [0.25, 0.3) is 0 Å². The van der Waals surface area contributed by atoms with Gasteiger partial charge in [0.05, 0.1) is 6.42 Å². The van der Waals surface area contributed by atoms with Crippen LogP contribution in [0.25, 0.3) is 0 Å². The number of likely N-dealkylation sites (tertiary alicyclic amines) is 1. The monoisotopic (exact) mass is 225 g/mol. The molecule has 1 saturated carbocycles. The first-order chi connectivity index (χ1) is 7.70. The van der Waals surface area contributed by atoms with E-state index < -0.39 is 5.97 Å². The van der Waals surface area contributed by atoms with Crippen molar-refractivity contribution in [3.05, 3.63) is 0 Å².